The Hall–Kier alpha value is -2.12. The number of nitrogens with one attached hydrogen (secondary N) is 1. The molecule has 1 saturated carbocycles. The van der Waals surface area contributed by atoms with Crippen LogP contribution >= 0.6 is 0 Å². The monoisotopic (exact) mass is 374 g/mol. The molecule has 4 rings (SSSR count). The molecule has 27 heavy (non-hydrogen) atoms. The number of rotatable bonds is 4. The second-order valence-electron chi connectivity index (χ2n) is 7.69. The molecule has 146 valence electrons. The van der Waals surface area contributed by atoms with Crippen LogP contribution in [0.2, 0.25) is 0 Å². The molecule has 0 aromatic heterocycles. The lowest BCUT2D eigenvalue weighted by Crippen LogP contribution is -2.60. The third kappa shape index (κ3) is 3.53. The minimum Gasteiger partial charge on any atom is -0.445 e. The predicted octanol–water partition coefficient (Wildman–Crippen LogP) is 1.59. The van der Waals surface area contributed by atoms with Gasteiger partial charge in [-0.05, 0) is 24.8 Å². The topological polar surface area (TPSA) is 88.1 Å². The summed E-state index contributed by atoms with van der Waals surface area (Å²) in [6.45, 7) is 0.976. The second-order valence-corrected chi connectivity index (χ2v) is 7.69. The van der Waals surface area contributed by atoms with Gasteiger partial charge in [-0.1, -0.05) is 43.2 Å². The number of hydrogen-bond donors (Lipinski definition) is 2. The Labute approximate surface area is 158 Å². The average Bonchev–Trinajstić information content (AvgIpc) is 3.39. The highest BCUT2D eigenvalue weighted by Crippen LogP contribution is 2.37. The summed E-state index contributed by atoms with van der Waals surface area (Å²) in [7, 11) is 0. The minimum absolute atomic E-state index is 0.104. The summed E-state index contributed by atoms with van der Waals surface area (Å²) in [5.74, 6) is -0.117. The molecule has 1 aromatic carbocycles. The number of aliphatic hydroxyl groups excluding tert-OH is 1. The number of aliphatic hydroxyl groups is 1. The van der Waals surface area contributed by atoms with Gasteiger partial charge in [0.2, 0.25) is 5.91 Å². The first-order valence-electron chi connectivity index (χ1n) is 9.69. The predicted molar refractivity (Wildman–Crippen MR) is 96.8 cm³/mol. The fourth-order valence-electron chi connectivity index (χ4n) is 4.58. The molecule has 2 heterocycles. The SMILES string of the molecule is O=C(NC1(C(=O)N2CC[C@H]3OC[C@H](O)[C@H]32)CCCC1)OCc1ccccc1. The van der Waals surface area contributed by atoms with Crippen molar-refractivity contribution >= 4 is 12.0 Å². The molecule has 7 nitrogen and oxygen atoms in total. The molecule has 0 unspecified atom stereocenters. The van der Waals surface area contributed by atoms with Crippen molar-refractivity contribution in [2.24, 2.45) is 0 Å². The molecular weight excluding hydrogens is 348 g/mol. The van der Waals surface area contributed by atoms with E-state index in [1.165, 1.54) is 0 Å². The van der Waals surface area contributed by atoms with Gasteiger partial charge in [0.1, 0.15) is 18.2 Å². The molecule has 2 amide bonds. The zero-order valence-electron chi connectivity index (χ0n) is 15.3. The summed E-state index contributed by atoms with van der Waals surface area (Å²) >= 11 is 0. The smallest absolute Gasteiger partial charge is 0.408 e. The lowest BCUT2D eigenvalue weighted by atomic mass is 9.94. The highest BCUT2D eigenvalue weighted by molar-refractivity contribution is 5.91. The van der Waals surface area contributed by atoms with Gasteiger partial charge in [0.05, 0.1) is 18.8 Å². The van der Waals surface area contributed by atoms with Crippen molar-refractivity contribution in [1.29, 1.82) is 0 Å². The Morgan fingerprint density at radius 2 is 2.00 bits per heavy atom. The van der Waals surface area contributed by atoms with Crippen LogP contribution in [0.15, 0.2) is 30.3 Å². The number of hydrogen-bond acceptors (Lipinski definition) is 5. The van der Waals surface area contributed by atoms with Crippen LogP contribution < -0.4 is 5.32 Å². The van der Waals surface area contributed by atoms with Crippen LogP contribution in [0.5, 0.6) is 0 Å². The number of likely N-dealkylation sites (tertiary alicyclic amines) is 1. The number of alkyl carbamates (subject to hydrolysis) is 1. The molecule has 0 bridgehead atoms. The molecule has 3 aliphatic rings. The fourth-order valence-corrected chi connectivity index (χ4v) is 4.58. The minimum atomic E-state index is -0.940. The van der Waals surface area contributed by atoms with Crippen LogP contribution in [0.3, 0.4) is 0 Å². The van der Waals surface area contributed by atoms with Crippen LogP contribution in [0.25, 0.3) is 0 Å². The maximum absolute atomic E-state index is 13.4. The van der Waals surface area contributed by atoms with E-state index in [1.807, 2.05) is 30.3 Å². The van der Waals surface area contributed by atoms with E-state index in [4.69, 9.17) is 9.47 Å². The van der Waals surface area contributed by atoms with Crippen molar-refractivity contribution in [3.05, 3.63) is 35.9 Å². The van der Waals surface area contributed by atoms with Crippen LogP contribution in [-0.4, -0.2) is 58.9 Å². The highest BCUT2D eigenvalue weighted by Gasteiger charge is 2.53. The number of benzene rings is 1. The molecule has 3 atom stereocenters. The largest absolute Gasteiger partial charge is 0.445 e. The zero-order valence-corrected chi connectivity index (χ0v) is 15.3. The molecule has 2 N–H and O–H groups in total. The van der Waals surface area contributed by atoms with Gasteiger partial charge in [0.25, 0.3) is 0 Å². The Balaban J connectivity index is 1.43. The van der Waals surface area contributed by atoms with Crippen LogP contribution in [0, 0.1) is 0 Å². The first-order chi connectivity index (χ1) is 13.1. The maximum atomic E-state index is 13.4. The van der Waals surface area contributed by atoms with Crippen molar-refractivity contribution < 1.29 is 24.2 Å². The van der Waals surface area contributed by atoms with Crippen molar-refractivity contribution in [3.8, 4) is 0 Å². The van der Waals surface area contributed by atoms with E-state index in [-0.39, 0.29) is 31.3 Å². The molecule has 1 aromatic rings. The van der Waals surface area contributed by atoms with Gasteiger partial charge >= 0.3 is 6.09 Å². The van der Waals surface area contributed by atoms with E-state index in [9.17, 15) is 14.7 Å². The summed E-state index contributed by atoms with van der Waals surface area (Å²) in [6, 6.07) is 9.14. The number of amides is 2. The zero-order chi connectivity index (χ0) is 18.9. The molecule has 3 fully saturated rings. The number of nitrogens with zero attached hydrogens (tertiary/aromatic N) is 1. The third-order valence-electron chi connectivity index (χ3n) is 5.95. The molecule has 2 saturated heterocycles. The van der Waals surface area contributed by atoms with E-state index in [2.05, 4.69) is 5.32 Å². The molecule has 7 heteroatoms. The van der Waals surface area contributed by atoms with E-state index in [0.29, 0.717) is 19.4 Å². The Kier molecular flexibility index (Phi) is 5.06. The van der Waals surface area contributed by atoms with Gasteiger partial charge in [0.15, 0.2) is 0 Å². The normalized spacial score (nSPS) is 28.8. The van der Waals surface area contributed by atoms with Crippen molar-refractivity contribution in [1.82, 2.24) is 10.2 Å². The van der Waals surface area contributed by atoms with E-state index in [0.717, 1.165) is 24.8 Å². The Morgan fingerprint density at radius 3 is 2.74 bits per heavy atom. The number of ether oxygens (including phenoxy) is 2. The van der Waals surface area contributed by atoms with Crippen molar-refractivity contribution in [2.45, 2.75) is 62.5 Å². The summed E-state index contributed by atoms with van der Waals surface area (Å²) in [6.07, 6.45) is 2.33. The number of fused-ring (bicyclic) bond motifs is 1. The number of carbonyl (C=O) groups is 2. The lowest BCUT2D eigenvalue weighted by Gasteiger charge is -2.36. The highest BCUT2D eigenvalue weighted by atomic mass is 16.5. The van der Waals surface area contributed by atoms with Gasteiger partial charge in [0, 0.05) is 6.54 Å². The first kappa shape index (κ1) is 18.3. The molecule has 1 aliphatic carbocycles. The summed E-state index contributed by atoms with van der Waals surface area (Å²) < 4.78 is 10.9. The standard InChI is InChI=1S/C20H26N2O5/c23-15-13-26-16-8-11-22(17(15)16)18(24)20(9-4-5-10-20)21-19(25)27-12-14-6-2-1-3-7-14/h1-3,6-7,15-17,23H,4-5,8-13H2,(H,21,25)/t15-,16+,17+/m0/s1. The van der Waals surface area contributed by atoms with E-state index in [1.54, 1.807) is 4.90 Å². The Morgan fingerprint density at radius 1 is 1.26 bits per heavy atom. The maximum Gasteiger partial charge on any atom is 0.408 e. The van der Waals surface area contributed by atoms with E-state index < -0.39 is 17.7 Å². The van der Waals surface area contributed by atoms with Gasteiger partial charge in [-0.15, -0.1) is 0 Å². The Bertz CT molecular complexity index is 689. The molecule has 2 aliphatic heterocycles. The van der Waals surface area contributed by atoms with Crippen LogP contribution in [0.4, 0.5) is 4.79 Å². The average molecular weight is 374 g/mol. The summed E-state index contributed by atoms with van der Waals surface area (Å²) in [5, 5.41) is 13.1. The van der Waals surface area contributed by atoms with Gasteiger partial charge in [-0.25, -0.2) is 4.79 Å². The molecule has 0 spiro atoms. The summed E-state index contributed by atoms with van der Waals surface area (Å²) in [5.41, 5.74) is -0.0432. The van der Waals surface area contributed by atoms with Crippen molar-refractivity contribution in [3.63, 3.8) is 0 Å². The fraction of sp³-hybridized carbons (Fsp3) is 0.600. The van der Waals surface area contributed by atoms with Gasteiger partial charge < -0.3 is 24.8 Å². The molecular formula is C20H26N2O5. The summed E-state index contributed by atoms with van der Waals surface area (Å²) in [4.78, 5) is 27.5. The first-order valence-corrected chi connectivity index (χ1v) is 9.69. The van der Waals surface area contributed by atoms with Crippen LogP contribution in [0.1, 0.15) is 37.7 Å². The van der Waals surface area contributed by atoms with Gasteiger partial charge in [-0.2, -0.15) is 0 Å². The van der Waals surface area contributed by atoms with Crippen molar-refractivity contribution in [2.75, 3.05) is 13.2 Å². The molecule has 0 radical (unpaired) electrons. The second kappa shape index (κ2) is 7.48. The van der Waals surface area contributed by atoms with Crippen LogP contribution in [-0.2, 0) is 20.9 Å². The van der Waals surface area contributed by atoms with E-state index >= 15 is 0 Å². The lowest BCUT2D eigenvalue weighted by molar-refractivity contribution is -0.140. The third-order valence-corrected chi connectivity index (χ3v) is 5.95. The van der Waals surface area contributed by atoms with Gasteiger partial charge in [-0.3, -0.25) is 4.79 Å². The quantitative estimate of drug-likeness (QED) is 0.836. The number of carbonyl (C=O) groups excluding carboxylic acids is 2.